The Morgan fingerprint density at radius 3 is 2.67 bits per heavy atom. The molecule has 0 unspecified atom stereocenters. The van der Waals surface area contributed by atoms with Crippen molar-refractivity contribution in [2.24, 2.45) is 0 Å². The average molecular weight is 326 g/mol. The van der Waals surface area contributed by atoms with Crippen molar-refractivity contribution in [1.29, 1.82) is 5.26 Å². The number of hydrogen-bond donors (Lipinski definition) is 2. The first-order valence-corrected chi connectivity index (χ1v) is 7.51. The Morgan fingerprint density at radius 2 is 2.04 bits per heavy atom. The molecule has 1 aromatic heterocycles. The summed E-state index contributed by atoms with van der Waals surface area (Å²) in [6.07, 6.45) is 0.551. The number of nitrogens with one attached hydrogen (secondary N) is 1. The van der Waals surface area contributed by atoms with Crippen molar-refractivity contribution in [2.45, 2.75) is 13.3 Å². The van der Waals surface area contributed by atoms with Crippen LogP contribution in [0, 0.1) is 11.3 Å². The first-order chi connectivity index (χ1) is 11.6. The highest BCUT2D eigenvalue weighted by molar-refractivity contribution is 5.74. The molecular weight excluding hydrogens is 308 g/mol. The molecule has 2 heterocycles. The van der Waals surface area contributed by atoms with E-state index in [4.69, 9.17) is 19.9 Å². The molecule has 0 saturated carbocycles. The van der Waals surface area contributed by atoms with Crippen LogP contribution in [0.25, 0.3) is 0 Å². The molecule has 0 fully saturated rings. The van der Waals surface area contributed by atoms with Crippen LogP contribution in [0.4, 0.5) is 11.5 Å². The summed E-state index contributed by atoms with van der Waals surface area (Å²) in [5, 5.41) is 12.6. The zero-order chi connectivity index (χ0) is 17.3. The molecule has 0 atom stereocenters. The van der Waals surface area contributed by atoms with Gasteiger partial charge in [-0.15, -0.1) is 0 Å². The highest BCUT2D eigenvalue weighted by atomic mass is 16.5. The van der Waals surface area contributed by atoms with Gasteiger partial charge in [-0.05, 0) is 13.0 Å². The number of anilines is 2. The summed E-state index contributed by atoms with van der Waals surface area (Å²) < 4.78 is 16.6. The number of pyridine rings is 1. The Balaban J connectivity index is 2.15. The SMILES string of the molecule is CCNc1c(C#N)c(N)nc2c1Cc1cc(OC)c(OC)cc1O2. The first-order valence-electron chi connectivity index (χ1n) is 7.51. The van der Waals surface area contributed by atoms with Gasteiger partial charge in [0.15, 0.2) is 11.5 Å². The summed E-state index contributed by atoms with van der Waals surface area (Å²) in [6.45, 7) is 2.61. The van der Waals surface area contributed by atoms with Crippen LogP contribution < -0.4 is 25.3 Å². The van der Waals surface area contributed by atoms with E-state index in [9.17, 15) is 5.26 Å². The number of methoxy groups -OCH3 is 2. The van der Waals surface area contributed by atoms with Crippen LogP contribution in [-0.2, 0) is 6.42 Å². The maximum Gasteiger partial charge on any atom is 0.226 e. The second-order valence-electron chi connectivity index (χ2n) is 5.27. The summed E-state index contributed by atoms with van der Waals surface area (Å²) in [5.74, 6) is 2.39. The lowest BCUT2D eigenvalue weighted by molar-refractivity contribution is 0.349. The summed E-state index contributed by atoms with van der Waals surface area (Å²) in [4.78, 5) is 4.25. The average Bonchev–Trinajstić information content (AvgIpc) is 2.59. The van der Waals surface area contributed by atoms with Crippen molar-refractivity contribution in [1.82, 2.24) is 4.98 Å². The van der Waals surface area contributed by atoms with Crippen LogP contribution >= 0.6 is 0 Å². The van der Waals surface area contributed by atoms with Crippen LogP contribution in [-0.4, -0.2) is 25.7 Å². The van der Waals surface area contributed by atoms with Gasteiger partial charge < -0.3 is 25.3 Å². The normalized spacial score (nSPS) is 11.6. The third kappa shape index (κ3) is 2.42. The van der Waals surface area contributed by atoms with Gasteiger partial charge in [-0.3, -0.25) is 0 Å². The highest BCUT2D eigenvalue weighted by Crippen LogP contribution is 2.45. The fourth-order valence-corrected chi connectivity index (χ4v) is 2.78. The quantitative estimate of drug-likeness (QED) is 0.759. The number of nitrogen functional groups attached to an aromatic ring is 1. The Bertz CT molecular complexity index is 843. The molecule has 7 heteroatoms. The lowest BCUT2D eigenvalue weighted by Crippen LogP contribution is -2.13. The zero-order valence-corrected chi connectivity index (χ0v) is 13.8. The van der Waals surface area contributed by atoms with E-state index in [-0.39, 0.29) is 5.82 Å². The smallest absolute Gasteiger partial charge is 0.226 e. The minimum atomic E-state index is 0.149. The second-order valence-corrected chi connectivity index (χ2v) is 5.27. The summed E-state index contributed by atoms with van der Waals surface area (Å²) in [7, 11) is 3.15. The molecule has 3 N–H and O–H groups in total. The van der Waals surface area contributed by atoms with Crippen molar-refractivity contribution in [3.05, 3.63) is 28.8 Å². The standard InChI is InChI=1S/C17H18N4O3/c1-4-20-15-10-5-9-6-13(22-2)14(23-3)7-12(9)24-17(10)21-16(19)11(15)8-18/h6-7H,4-5H2,1-3H3,(H3,19,20,21). The summed E-state index contributed by atoms with van der Waals surface area (Å²) >= 11 is 0. The number of hydrogen-bond acceptors (Lipinski definition) is 7. The van der Waals surface area contributed by atoms with Gasteiger partial charge in [0.1, 0.15) is 23.2 Å². The Hall–Kier alpha value is -3.14. The molecule has 0 aliphatic carbocycles. The maximum absolute atomic E-state index is 9.39. The second kappa shape index (κ2) is 6.16. The third-order valence-corrected chi connectivity index (χ3v) is 3.89. The van der Waals surface area contributed by atoms with Gasteiger partial charge in [-0.25, -0.2) is 0 Å². The maximum atomic E-state index is 9.39. The van der Waals surface area contributed by atoms with E-state index in [1.165, 1.54) is 0 Å². The molecule has 1 aliphatic rings. The van der Waals surface area contributed by atoms with E-state index in [0.717, 1.165) is 11.1 Å². The molecule has 0 radical (unpaired) electrons. The van der Waals surface area contributed by atoms with Crippen LogP contribution in [0.5, 0.6) is 23.1 Å². The van der Waals surface area contributed by atoms with Gasteiger partial charge in [-0.2, -0.15) is 10.2 Å². The van der Waals surface area contributed by atoms with Gasteiger partial charge in [0.25, 0.3) is 0 Å². The molecule has 3 rings (SSSR count). The predicted octanol–water partition coefficient (Wildman–Crippen LogP) is 2.68. The van der Waals surface area contributed by atoms with Crippen molar-refractivity contribution >= 4 is 11.5 Å². The number of rotatable bonds is 4. The fourth-order valence-electron chi connectivity index (χ4n) is 2.78. The third-order valence-electron chi connectivity index (χ3n) is 3.89. The van der Waals surface area contributed by atoms with Crippen molar-refractivity contribution in [2.75, 3.05) is 31.8 Å². The van der Waals surface area contributed by atoms with Crippen LogP contribution in [0.15, 0.2) is 12.1 Å². The highest BCUT2D eigenvalue weighted by Gasteiger charge is 2.26. The number of nitriles is 1. The van der Waals surface area contributed by atoms with E-state index >= 15 is 0 Å². The van der Waals surface area contributed by atoms with Crippen LogP contribution in [0.1, 0.15) is 23.6 Å². The number of nitrogens with zero attached hydrogens (tertiary/aromatic N) is 2. The fraction of sp³-hybridized carbons (Fsp3) is 0.294. The van der Waals surface area contributed by atoms with Gasteiger partial charge in [0.2, 0.25) is 5.88 Å². The molecule has 124 valence electrons. The number of aromatic nitrogens is 1. The lowest BCUT2D eigenvalue weighted by atomic mass is 9.98. The molecule has 1 aromatic carbocycles. The van der Waals surface area contributed by atoms with Gasteiger partial charge in [0.05, 0.1) is 19.9 Å². The Labute approximate surface area is 140 Å². The first kappa shape index (κ1) is 15.7. The molecule has 0 spiro atoms. The van der Waals surface area contributed by atoms with E-state index in [0.29, 0.717) is 47.3 Å². The number of fused-ring (bicyclic) bond motifs is 2. The van der Waals surface area contributed by atoms with Gasteiger partial charge >= 0.3 is 0 Å². The molecule has 24 heavy (non-hydrogen) atoms. The summed E-state index contributed by atoms with van der Waals surface area (Å²) in [6, 6.07) is 5.75. The Kier molecular flexibility index (Phi) is 4.04. The number of nitrogens with two attached hydrogens (primary N) is 1. The van der Waals surface area contributed by atoms with E-state index in [1.54, 1.807) is 20.3 Å². The van der Waals surface area contributed by atoms with Gasteiger partial charge in [0, 0.05) is 30.2 Å². The molecule has 7 nitrogen and oxygen atoms in total. The molecule has 0 amide bonds. The van der Waals surface area contributed by atoms with E-state index in [2.05, 4.69) is 16.4 Å². The molecule has 2 aromatic rings. The molecule has 0 saturated heterocycles. The molecule has 0 bridgehead atoms. The molecular formula is C17H18N4O3. The van der Waals surface area contributed by atoms with Crippen LogP contribution in [0.3, 0.4) is 0 Å². The monoisotopic (exact) mass is 326 g/mol. The minimum Gasteiger partial charge on any atom is -0.493 e. The van der Waals surface area contributed by atoms with E-state index < -0.39 is 0 Å². The van der Waals surface area contributed by atoms with Gasteiger partial charge in [-0.1, -0.05) is 0 Å². The largest absolute Gasteiger partial charge is 0.493 e. The number of ether oxygens (including phenoxy) is 3. The zero-order valence-electron chi connectivity index (χ0n) is 13.8. The topological polar surface area (TPSA) is 102 Å². The summed E-state index contributed by atoms with van der Waals surface area (Å²) in [5.41, 5.74) is 8.65. The molecule has 1 aliphatic heterocycles. The van der Waals surface area contributed by atoms with Crippen LogP contribution in [0.2, 0.25) is 0 Å². The van der Waals surface area contributed by atoms with E-state index in [1.807, 2.05) is 13.0 Å². The minimum absolute atomic E-state index is 0.149. The van der Waals surface area contributed by atoms with Crippen molar-refractivity contribution in [3.63, 3.8) is 0 Å². The Morgan fingerprint density at radius 1 is 1.33 bits per heavy atom. The van der Waals surface area contributed by atoms with Crippen molar-refractivity contribution in [3.8, 4) is 29.2 Å². The van der Waals surface area contributed by atoms with Crippen molar-refractivity contribution < 1.29 is 14.2 Å². The predicted molar refractivity (Wildman–Crippen MR) is 90.0 cm³/mol. The lowest BCUT2D eigenvalue weighted by Gasteiger charge is -2.24. The number of benzene rings is 1.